The summed E-state index contributed by atoms with van der Waals surface area (Å²) in [4.78, 5) is 29.9. The minimum Gasteiger partial charge on any atom is -0.381 e. The molecule has 8 heteroatoms. The van der Waals surface area contributed by atoms with E-state index in [2.05, 4.69) is 10.2 Å². The van der Waals surface area contributed by atoms with E-state index in [1.165, 1.54) is 23.1 Å². The van der Waals surface area contributed by atoms with Crippen molar-refractivity contribution in [2.24, 2.45) is 0 Å². The van der Waals surface area contributed by atoms with Crippen LogP contribution in [0.15, 0.2) is 30.3 Å². The predicted octanol–water partition coefficient (Wildman–Crippen LogP) is 4.43. The first-order chi connectivity index (χ1) is 16.1. The summed E-state index contributed by atoms with van der Waals surface area (Å²) in [5.74, 6) is -2.20. The van der Waals surface area contributed by atoms with Crippen molar-refractivity contribution in [2.75, 3.05) is 36.1 Å². The third kappa shape index (κ3) is 3.64. The number of rotatable bonds is 4. The van der Waals surface area contributed by atoms with E-state index >= 15 is 4.39 Å². The molecule has 0 aromatic heterocycles. The summed E-state index contributed by atoms with van der Waals surface area (Å²) in [6.07, 6.45) is 2.33. The molecule has 2 saturated heterocycles. The van der Waals surface area contributed by atoms with Gasteiger partial charge in [0.1, 0.15) is 11.6 Å². The molecule has 180 valence electrons. The van der Waals surface area contributed by atoms with Crippen LogP contribution < -0.4 is 15.1 Å². The Bertz CT molecular complexity index is 1170. The first-order valence-electron chi connectivity index (χ1n) is 11.7. The summed E-state index contributed by atoms with van der Waals surface area (Å²) in [5, 5.41) is 2.94. The van der Waals surface area contributed by atoms with E-state index in [1.807, 2.05) is 6.92 Å². The Morgan fingerprint density at radius 3 is 2.35 bits per heavy atom. The summed E-state index contributed by atoms with van der Waals surface area (Å²) in [5.41, 5.74) is 0.00802. The quantitative estimate of drug-likeness (QED) is 0.720. The van der Waals surface area contributed by atoms with Crippen molar-refractivity contribution in [1.29, 1.82) is 0 Å². The Balaban J connectivity index is 1.54. The second kappa shape index (κ2) is 8.05. The van der Waals surface area contributed by atoms with Crippen molar-refractivity contribution in [2.45, 2.75) is 51.0 Å². The number of hydrogen-bond acceptors (Lipinski definition) is 4. The van der Waals surface area contributed by atoms with Crippen LogP contribution in [-0.4, -0.2) is 43.7 Å². The highest BCUT2D eigenvalue weighted by Gasteiger charge is 2.46. The summed E-state index contributed by atoms with van der Waals surface area (Å²) < 4.78 is 35.6. The zero-order valence-electron chi connectivity index (χ0n) is 19.7. The Morgan fingerprint density at radius 1 is 1.00 bits per heavy atom. The summed E-state index contributed by atoms with van der Waals surface area (Å²) >= 11 is 0. The molecule has 2 amide bonds. The molecule has 0 radical (unpaired) electrons. The zero-order valence-corrected chi connectivity index (χ0v) is 19.7. The monoisotopic (exact) mass is 469 g/mol. The van der Waals surface area contributed by atoms with Gasteiger partial charge in [0.05, 0.1) is 22.4 Å². The number of benzene rings is 2. The molecule has 34 heavy (non-hydrogen) atoms. The van der Waals surface area contributed by atoms with Crippen molar-refractivity contribution in [1.82, 2.24) is 5.32 Å². The molecule has 3 aliphatic heterocycles. The lowest BCUT2D eigenvalue weighted by atomic mass is 9.85. The topological polar surface area (TPSA) is 61.9 Å². The van der Waals surface area contributed by atoms with Crippen LogP contribution in [0, 0.1) is 11.6 Å². The van der Waals surface area contributed by atoms with Gasteiger partial charge in [-0.1, -0.05) is 0 Å². The van der Waals surface area contributed by atoms with Crippen LogP contribution in [0.25, 0.3) is 0 Å². The molecular formula is C26H29F2N3O3. The molecule has 6 nitrogen and oxygen atoms in total. The maximum absolute atomic E-state index is 15.3. The number of nitrogens with one attached hydrogen (secondary N) is 1. The van der Waals surface area contributed by atoms with Gasteiger partial charge < -0.3 is 15.0 Å². The third-order valence-corrected chi connectivity index (χ3v) is 7.39. The molecule has 0 saturated carbocycles. The van der Waals surface area contributed by atoms with Gasteiger partial charge in [0.2, 0.25) is 5.91 Å². The van der Waals surface area contributed by atoms with Gasteiger partial charge >= 0.3 is 0 Å². The van der Waals surface area contributed by atoms with Crippen LogP contribution in [0.5, 0.6) is 0 Å². The van der Waals surface area contributed by atoms with Gasteiger partial charge in [0.25, 0.3) is 5.91 Å². The molecule has 2 fully saturated rings. The van der Waals surface area contributed by atoms with Crippen LogP contribution in [0.4, 0.5) is 25.8 Å². The van der Waals surface area contributed by atoms with Gasteiger partial charge in [0.15, 0.2) is 0 Å². The molecule has 3 aliphatic rings. The smallest absolute Gasteiger partial charge is 0.254 e. The van der Waals surface area contributed by atoms with E-state index in [9.17, 15) is 14.0 Å². The third-order valence-electron chi connectivity index (χ3n) is 7.39. The lowest BCUT2D eigenvalue weighted by molar-refractivity contribution is -0.121. The van der Waals surface area contributed by atoms with E-state index in [0.29, 0.717) is 31.6 Å². The van der Waals surface area contributed by atoms with E-state index < -0.39 is 28.5 Å². The van der Waals surface area contributed by atoms with Crippen molar-refractivity contribution in [3.8, 4) is 0 Å². The Kier molecular flexibility index (Phi) is 5.39. The second-order valence-electron chi connectivity index (χ2n) is 10.2. The maximum Gasteiger partial charge on any atom is 0.254 e. The molecule has 0 aliphatic carbocycles. The highest BCUT2D eigenvalue weighted by atomic mass is 19.1. The lowest BCUT2D eigenvalue weighted by Crippen LogP contribution is -2.49. The fourth-order valence-electron chi connectivity index (χ4n) is 4.90. The van der Waals surface area contributed by atoms with E-state index in [1.54, 1.807) is 26.0 Å². The summed E-state index contributed by atoms with van der Waals surface area (Å²) in [7, 11) is 0. The normalized spacial score (nSPS) is 20.7. The number of amides is 2. The number of carbonyl (C=O) groups is 2. The average molecular weight is 470 g/mol. The largest absolute Gasteiger partial charge is 0.381 e. The summed E-state index contributed by atoms with van der Waals surface area (Å²) in [6.45, 7) is 8.15. The van der Waals surface area contributed by atoms with Crippen LogP contribution in [0.1, 0.15) is 56.0 Å². The van der Waals surface area contributed by atoms with Gasteiger partial charge in [-0.15, -0.1) is 0 Å². The minimum absolute atomic E-state index is 0.0903. The number of nitrogens with zero attached hydrogens (tertiary/aromatic N) is 2. The zero-order chi connectivity index (χ0) is 24.3. The SMILES string of the molecule is CC1(NC(=O)c2cc3c(cc2F)N(c2cc(N4CCC4)ccc2F)C(=O)C3(C)C)CCOCC1. The van der Waals surface area contributed by atoms with Crippen LogP contribution >= 0.6 is 0 Å². The fraction of sp³-hybridized carbons (Fsp3) is 0.462. The Labute approximate surface area is 197 Å². The predicted molar refractivity (Wildman–Crippen MR) is 126 cm³/mol. The molecule has 3 heterocycles. The molecule has 2 aromatic carbocycles. The molecule has 0 unspecified atom stereocenters. The standard InChI is InChI=1S/C26H29F2N3O3/c1-25(2)18-14-17(23(32)29-26(3)7-11-34-12-8-26)20(28)15-21(18)31(24(25)33)22-13-16(5-6-19(22)27)30-9-4-10-30/h5-6,13-15H,4,7-12H2,1-3H3,(H,29,32). The van der Waals surface area contributed by atoms with Gasteiger partial charge in [0, 0.05) is 37.5 Å². The van der Waals surface area contributed by atoms with Crippen LogP contribution in [0.3, 0.4) is 0 Å². The number of carbonyl (C=O) groups excluding carboxylic acids is 2. The molecule has 1 N–H and O–H groups in total. The Morgan fingerprint density at radius 2 is 1.71 bits per heavy atom. The van der Waals surface area contributed by atoms with Crippen LogP contribution in [-0.2, 0) is 14.9 Å². The molecule has 5 rings (SSSR count). The number of halogens is 2. The number of hydrogen-bond donors (Lipinski definition) is 1. The van der Waals surface area contributed by atoms with Crippen molar-refractivity contribution in [3.05, 3.63) is 53.1 Å². The first-order valence-corrected chi connectivity index (χ1v) is 11.7. The molecule has 0 atom stereocenters. The highest BCUT2D eigenvalue weighted by molar-refractivity contribution is 6.13. The molecule has 0 spiro atoms. The lowest BCUT2D eigenvalue weighted by Gasteiger charge is -2.34. The number of ether oxygens (including phenoxy) is 1. The molecule has 0 bridgehead atoms. The summed E-state index contributed by atoms with van der Waals surface area (Å²) in [6, 6.07) is 7.29. The van der Waals surface area contributed by atoms with E-state index in [-0.39, 0.29) is 22.8 Å². The van der Waals surface area contributed by atoms with Crippen molar-refractivity contribution < 1.29 is 23.1 Å². The van der Waals surface area contributed by atoms with Gasteiger partial charge in [-0.3, -0.25) is 14.5 Å². The number of fused-ring (bicyclic) bond motifs is 1. The second-order valence-corrected chi connectivity index (χ2v) is 10.2. The van der Waals surface area contributed by atoms with E-state index in [4.69, 9.17) is 4.74 Å². The van der Waals surface area contributed by atoms with Gasteiger partial charge in [-0.2, -0.15) is 0 Å². The molecular weight excluding hydrogens is 440 g/mol. The maximum atomic E-state index is 15.3. The average Bonchev–Trinajstić information content (AvgIpc) is 2.93. The minimum atomic E-state index is -1.06. The van der Waals surface area contributed by atoms with E-state index in [0.717, 1.165) is 25.2 Å². The Hall–Kier alpha value is -3.00. The van der Waals surface area contributed by atoms with Gasteiger partial charge in [-0.25, -0.2) is 8.78 Å². The van der Waals surface area contributed by atoms with Crippen molar-refractivity contribution >= 4 is 28.9 Å². The van der Waals surface area contributed by atoms with Gasteiger partial charge in [-0.05, 0) is 75.9 Å². The highest BCUT2D eigenvalue weighted by Crippen LogP contribution is 2.47. The van der Waals surface area contributed by atoms with Crippen LogP contribution in [0.2, 0.25) is 0 Å². The van der Waals surface area contributed by atoms with Crippen molar-refractivity contribution in [3.63, 3.8) is 0 Å². The number of anilines is 3. The first kappa shape index (κ1) is 22.8. The fourth-order valence-corrected chi connectivity index (χ4v) is 4.90. The molecule has 2 aromatic rings.